The molecule has 1 heterocycles. The lowest BCUT2D eigenvalue weighted by Gasteiger charge is -2.21. The van der Waals surface area contributed by atoms with E-state index in [0.29, 0.717) is 0 Å². The molecule has 1 fully saturated rings. The average molecular weight is 275 g/mol. The van der Waals surface area contributed by atoms with Crippen LogP contribution in [0.4, 0.5) is 0 Å². The fourth-order valence-corrected chi connectivity index (χ4v) is 2.47. The Bertz CT molecular complexity index is 519. The highest BCUT2D eigenvalue weighted by Crippen LogP contribution is 2.32. The lowest BCUT2D eigenvalue weighted by Crippen LogP contribution is -2.36. The summed E-state index contributed by atoms with van der Waals surface area (Å²) in [4.78, 5) is 25.1. The molecular formula is C16H21NO3. The molecular weight excluding hydrogens is 254 g/mol. The van der Waals surface area contributed by atoms with Gasteiger partial charge in [-0.05, 0) is 17.5 Å². The van der Waals surface area contributed by atoms with Crippen LogP contribution in [0.5, 0.6) is 0 Å². The number of hydrogen-bond acceptors (Lipinski definition) is 3. The second-order valence-corrected chi connectivity index (χ2v) is 5.98. The molecule has 2 amide bonds. The van der Waals surface area contributed by atoms with Gasteiger partial charge in [0.1, 0.15) is 0 Å². The van der Waals surface area contributed by atoms with Crippen molar-refractivity contribution in [2.75, 3.05) is 6.54 Å². The fourth-order valence-electron chi connectivity index (χ4n) is 2.47. The quantitative estimate of drug-likeness (QED) is 0.856. The third-order valence-corrected chi connectivity index (χ3v) is 3.85. The van der Waals surface area contributed by atoms with Crippen LogP contribution in [-0.2, 0) is 16.0 Å². The highest BCUT2D eigenvalue weighted by molar-refractivity contribution is 6.05. The Balaban J connectivity index is 2.09. The number of benzene rings is 1. The third-order valence-electron chi connectivity index (χ3n) is 3.85. The first kappa shape index (κ1) is 14.7. The number of aryl methyl sites for hydroxylation is 1. The molecule has 1 atom stereocenters. The van der Waals surface area contributed by atoms with Gasteiger partial charge in [-0.2, -0.15) is 0 Å². The number of likely N-dealkylation sites (tertiary alicyclic amines) is 1. The summed E-state index contributed by atoms with van der Waals surface area (Å²) < 4.78 is 0. The van der Waals surface area contributed by atoms with Crippen LogP contribution in [0.3, 0.4) is 0 Å². The van der Waals surface area contributed by atoms with Crippen molar-refractivity contribution in [3.8, 4) is 0 Å². The van der Waals surface area contributed by atoms with Crippen LogP contribution in [0.2, 0.25) is 0 Å². The topological polar surface area (TPSA) is 57.6 Å². The summed E-state index contributed by atoms with van der Waals surface area (Å²) in [6.45, 7) is 5.62. The Hall–Kier alpha value is -1.68. The molecule has 0 aliphatic carbocycles. The minimum atomic E-state index is -0.831. The van der Waals surface area contributed by atoms with Crippen LogP contribution >= 0.6 is 0 Å². The molecule has 4 nitrogen and oxygen atoms in total. The first-order chi connectivity index (χ1) is 9.35. The molecule has 1 aromatic rings. The van der Waals surface area contributed by atoms with Gasteiger partial charge in [-0.1, -0.05) is 45.0 Å². The van der Waals surface area contributed by atoms with Gasteiger partial charge in [0, 0.05) is 6.42 Å². The number of aliphatic hydroxyl groups excluding tert-OH is 1. The van der Waals surface area contributed by atoms with Gasteiger partial charge in [-0.15, -0.1) is 0 Å². The van der Waals surface area contributed by atoms with Crippen molar-refractivity contribution < 1.29 is 14.7 Å². The summed E-state index contributed by atoms with van der Waals surface area (Å²) in [5.41, 5.74) is 1.27. The van der Waals surface area contributed by atoms with Crippen LogP contribution < -0.4 is 0 Å². The lowest BCUT2D eigenvalue weighted by molar-refractivity contribution is -0.142. The molecule has 1 aromatic carbocycles. The first-order valence-electron chi connectivity index (χ1n) is 6.97. The summed E-state index contributed by atoms with van der Waals surface area (Å²) >= 11 is 0. The highest BCUT2D eigenvalue weighted by atomic mass is 16.3. The third kappa shape index (κ3) is 2.75. The van der Waals surface area contributed by atoms with Gasteiger partial charge in [-0.25, -0.2) is 0 Å². The molecule has 0 saturated carbocycles. The van der Waals surface area contributed by atoms with Crippen molar-refractivity contribution in [2.45, 2.75) is 39.7 Å². The number of amides is 2. The molecule has 0 aromatic heterocycles. The van der Waals surface area contributed by atoms with E-state index in [9.17, 15) is 14.7 Å². The van der Waals surface area contributed by atoms with E-state index in [1.165, 1.54) is 10.5 Å². The maximum atomic E-state index is 12.1. The normalized spacial score (nSPS) is 19.5. The van der Waals surface area contributed by atoms with E-state index in [0.717, 1.165) is 12.0 Å². The van der Waals surface area contributed by atoms with E-state index < -0.39 is 11.5 Å². The molecule has 0 bridgehead atoms. The zero-order valence-electron chi connectivity index (χ0n) is 12.2. The largest absolute Gasteiger partial charge is 0.387 e. The number of hydrogen-bond donors (Lipinski definition) is 1. The van der Waals surface area contributed by atoms with Gasteiger partial charge < -0.3 is 5.11 Å². The van der Waals surface area contributed by atoms with Crippen LogP contribution in [0.15, 0.2) is 24.3 Å². The molecule has 0 radical (unpaired) electrons. The molecule has 1 unspecified atom stereocenters. The SMILES string of the molecule is CCc1ccc(C(O)CN2C(=O)CC(C)(C)C2=O)cc1. The Morgan fingerprint density at radius 1 is 1.25 bits per heavy atom. The van der Waals surface area contributed by atoms with Gasteiger partial charge in [0.2, 0.25) is 11.8 Å². The summed E-state index contributed by atoms with van der Waals surface area (Å²) in [7, 11) is 0. The number of rotatable bonds is 4. The monoisotopic (exact) mass is 275 g/mol. The fraction of sp³-hybridized carbons (Fsp3) is 0.500. The van der Waals surface area contributed by atoms with E-state index in [-0.39, 0.29) is 24.8 Å². The molecule has 2 rings (SSSR count). The van der Waals surface area contributed by atoms with E-state index in [1.807, 2.05) is 24.3 Å². The highest BCUT2D eigenvalue weighted by Gasteiger charge is 2.45. The van der Waals surface area contributed by atoms with E-state index in [2.05, 4.69) is 6.92 Å². The first-order valence-corrected chi connectivity index (χ1v) is 6.97. The smallest absolute Gasteiger partial charge is 0.235 e. The number of aliphatic hydroxyl groups is 1. The summed E-state index contributed by atoms with van der Waals surface area (Å²) in [5, 5.41) is 10.2. The van der Waals surface area contributed by atoms with Crippen molar-refractivity contribution in [1.29, 1.82) is 0 Å². The molecule has 20 heavy (non-hydrogen) atoms. The lowest BCUT2D eigenvalue weighted by atomic mass is 9.92. The number of imide groups is 1. The molecule has 4 heteroatoms. The van der Waals surface area contributed by atoms with Crippen LogP contribution in [-0.4, -0.2) is 28.4 Å². The van der Waals surface area contributed by atoms with Gasteiger partial charge in [0.25, 0.3) is 0 Å². The van der Waals surface area contributed by atoms with Crippen molar-refractivity contribution in [3.05, 3.63) is 35.4 Å². The van der Waals surface area contributed by atoms with Gasteiger partial charge in [0.05, 0.1) is 18.1 Å². The van der Waals surface area contributed by atoms with Crippen molar-refractivity contribution in [1.82, 2.24) is 4.90 Å². The Morgan fingerprint density at radius 3 is 2.30 bits per heavy atom. The minimum absolute atomic E-state index is 0.0343. The van der Waals surface area contributed by atoms with Gasteiger partial charge in [-0.3, -0.25) is 14.5 Å². The van der Waals surface area contributed by atoms with Crippen LogP contribution in [0.1, 0.15) is 44.4 Å². The average Bonchev–Trinajstić information content (AvgIpc) is 2.61. The summed E-state index contributed by atoms with van der Waals surface area (Å²) in [6.07, 6.45) is 0.323. The summed E-state index contributed by atoms with van der Waals surface area (Å²) in [5.74, 6) is -0.407. The number of carbonyl (C=O) groups is 2. The van der Waals surface area contributed by atoms with E-state index in [1.54, 1.807) is 13.8 Å². The molecule has 108 valence electrons. The standard InChI is InChI=1S/C16H21NO3/c1-4-11-5-7-12(8-6-11)13(18)10-17-14(19)9-16(2,3)15(17)20/h5-8,13,18H,4,9-10H2,1-3H3. The molecule has 1 N–H and O–H groups in total. The number of carbonyl (C=O) groups excluding carboxylic acids is 2. The molecule has 1 aliphatic heterocycles. The van der Waals surface area contributed by atoms with Crippen molar-refractivity contribution in [2.24, 2.45) is 5.41 Å². The molecule has 1 saturated heterocycles. The second-order valence-electron chi connectivity index (χ2n) is 5.98. The van der Waals surface area contributed by atoms with Crippen LogP contribution in [0.25, 0.3) is 0 Å². The Labute approximate surface area is 119 Å². The molecule has 0 spiro atoms. The van der Waals surface area contributed by atoms with Crippen molar-refractivity contribution in [3.63, 3.8) is 0 Å². The number of nitrogens with zero attached hydrogens (tertiary/aromatic N) is 1. The molecule has 1 aliphatic rings. The summed E-state index contributed by atoms with van der Waals surface area (Å²) in [6, 6.07) is 7.60. The number of β-amino-alcohol motifs (C(OH)–C–C–N with tert-alkyl or cyclic N) is 1. The zero-order chi connectivity index (χ0) is 14.9. The van der Waals surface area contributed by atoms with Gasteiger partial charge >= 0.3 is 0 Å². The van der Waals surface area contributed by atoms with Crippen LogP contribution in [0, 0.1) is 5.41 Å². The predicted octanol–water partition coefficient (Wildman–Crippen LogP) is 2.07. The maximum Gasteiger partial charge on any atom is 0.235 e. The van der Waals surface area contributed by atoms with E-state index in [4.69, 9.17) is 0 Å². The Kier molecular flexibility index (Phi) is 3.95. The van der Waals surface area contributed by atoms with Crippen molar-refractivity contribution >= 4 is 11.8 Å². The Morgan fingerprint density at radius 2 is 1.85 bits per heavy atom. The van der Waals surface area contributed by atoms with Gasteiger partial charge in [0.15, 0.2) is 0 Å². The second kappa shape index (κ2) is 5.37. The maximum absolute atomic E-state index is 12.1. The van der Waals surface area contributed by atoms with E-state index >= 15 is 0 Å². The zero-order valence-corrected chi connectivity index (χ0v) is 12.2. The minimum Gasteiger partial charge on any atom is -0.387 e. The predicted molar refractivity (Wildman–Crippen MR) is 75.9 cm³/mol.